The molecule has 0 N–H and O–H groups in total. The molecule has 0 spiro atoms. The summed E-state index contributed by atoms with van der Waals surface area (Å²) in [7, 11) is 3.54. The zero-order chi connectivity index (χ0) is 15.7. The molecule has 0 saturated carbocycles. The number of aromatic nitrogens is 4. The van der Waals surface area contributed by atoms with E-state index >= 15 is 0 Å². The summed E-state index contributed by atoms with van der Waals surface area (Å²) in [5, 5.41) is 8.00. The molecule has 0 amide bonds. The van der Waals surface area contributed by atoms with Crippen molar-refractivity contribution in [1.82, 2.24) is 24.1 Å². The van der Waals surface area contributed by atoms with Crippen LogP contribution in [0.1, 0.15) is 11.4 Å². The van der Waals surface area contributed by atoms with Gasteiger partial charge in [-0.3, -0.25) is 14.1 Å². The molecule has 1 aromatic carbocycles. The summed E-state index contributed by atoms with van der Waals surface area (Å²) < 4.78 is 16.8. The highest BCUT2D eigenvalue weighted by Gasteiger charge is 2.12. The Morgan fingerprint density at radius 2 is 1.95 bits per heavy atom. The number of aryl methyl sites for hydroxylation is 1. The second-order valence-corrected chi connectivity index (χ2v) is 5.29. The quantitative estimate of drug-likeness (QED) is 0.726. The lowest BCUT2D eigenvalue weighted by Gasteiger charge is -2.16. The molecule has 6 nitrogen and oxygen atoms in total. The third-order valence-corrected chi connectivity index (χ3v) is 3.53. The molecule has 114 valence electrons. The molecule has 22 heavy (non-hydrogen) atoms. The Morgan fingerprint density at radius 1 is 1.18 bits per heavy atom. The van der Waals surface area contributed by atoms with Crippen molar-refractivity contribution < 1.29 is 4.39 Å². The lowest BCUT2D eigenvalue weighted by atomic mass is 10.2. The van der Waals surface area contributed by atoms with Gasteiger partial charge >= 0.3 is 0 Å². The van der Waals surface area contributed by atoms with Crippen molar-refractivity contribution in [3.05, 3.63) is 64.2 Å². The lowest BCUT2D eigenvalue weighted by Crippen LogP contribution is -2.21. The van der Waals surface area contributed by atoms with Crippen LogP contribution in [0.15, 0.2) is 41.5 Å². The molecule has 0 fully saturated rings. The first-order valence-electron chi connectivity index (χ1n) is 6.87. The third kappa shape index (κ3) is 2.62. The van der Waals surface area contributed by atoms with Crippen molar-refractivity contribution >= 4 is 5.65 Å². The third-order valence-electron chi connectivity index (χ3n) is 3.53. The standard InChI is InChI=1S/C15H16FN5O/c1-19(9-11-5-3-4-6-12(11)16)10-13-17-18-14-15(22)20(2)7-8-21(13)14/h3-8H,9-10H2,1-2H3. The van der Waals surface area contributed by atoms with Crippen LogP contribution >= 0.6 is 0 Å². The fraction of sp³-hybridized carbons (Fsp3) is 0.267. The van der Waals surface area contributed by atoms with Crippen LogP contribution in [-0.4, -0.2) is 31.1 Å². The Labute approximate surface area is 126 Å². The largest absolute Gasteiger partial charge is 0.314 e. The summed E-state index contributed by atoms with van der Waals surface area (Å²) in [5.74, 6) is 0.417. The van der Waals surface area contributed by atoms with Crippen LogP contribution in [0.4, 0.5) is 4.39 Å². The van der Waals surface area contributed by atoms with Crippen molar-refractivity contribution in [3.63, 3.8) is 0 Å². The maximum atomic E-state index is 13.7. The molecule has 0 aliphatic rings. The lowest BCUT2D eigenvalue weighted by molar-refractivity contribution is 0.304. The average Bonchev–Trinajstić information content (AvgIpc) is 2.89. The number of rotatable bonds is 4. The number of fused-ring (bicyclic) bond motifs is 1. The van der Waals surface area contributed by atoms with E-state index in [1.165, 1.54) is 10.6 Å². The first-order chi connectivity index (χ1) is 10.6. The fourth-order valence-corrected chi connectivity index (χ4v) is 2.34. The monoisotopic (exact) mass is 301 g/mol. The first-order valence-corrected chi connectivity index (χ1v) is 6.87. The summed E-state index contributed by atoms with van der Waals surface area (Å²) in [6, 6.07) is 6.67. The number of hydrogen-bond acceptors (Lipinski definition) is 4. The normalized spacial score (nSPS) is 11.5. The maximum absolute atomic E-state index is 13.7. The van der Waals surface area contributed by atoms with E-state index in [0.717, 1.165) is 0 Å². The van der Waals surface area contributed by atoms with Gasteiger partial charge in [0.1, 0.15) is 5.82 Å². The zero-order valence-corrected chi connectivity index (χ0v) is 12.4. The van der Waals surface area contributed by atoms with Crippen molar-refractivity contribution in [2.45, 2.75) is 13.1 Å². The highest BCUT2D eigenvalue weighted by molar-refractivity contribution is 5.34. The molecule has 0 atom stereocenters. The van der Waals surface area contributed by atoms with Gasteiger partial charge in [0.15, 0.2) is 5.82 Å². The van der Waals surface area contributed by atoms with E-state index in [9.17, 15) is 9.18 Å². The maximum Gasteiger partial charge on any atom is 0.295 e. The Bertz CT molecular complexity index is 870. The van der Waals surface area contributed by atoms with Gasteiger partial charge in [0.2, 0.25) is 5.65 Å². The van der Waals surface area contributed by atoms with E-state index in [1.807, 2.05) is 18.0 Å². The van der Waals surface area contributed by atoms with E-state index < -0.39 is 0 Å². The Kier molecular flexibility index (Phi) is 3.72. The molecule has 2 heterocycles. The van der Waals surface area contributed by atoms with Crippen LogP contribution < -0.4 is 5.56 Å². The molecule has 0 aliphatic heterocycles. The second kappa shape index (κ2) is 5.69. The van der Waals surface area contributed by atoms with Gasteiger partial charge in [0.05, 0.1) is 6.54 Å². The predicted octanol–water partition coefficient (Wildman–Crippen LogP) is 1.20. The highest BCUT2D eigenvalue weighted by Crippen LogP contribution is 2.11. The van der Waals surface area contributed by atoms with Gasteiger partial charge in [-0.2, -0.15) is 0 Å². The minimum Gasteiger partial charge on any atom is -0.314 e. The molecule has 7 heteroatoms. The van der Waals surface area contributed by atoms with Gasteiger partial charge in [-0.05, 0) is 13.1 Å². The van der Waals surface area contributed by atoms with Gasteiger partial charge < -0.3 is 4.57 Å². The molecule has 0 bridgehead atoms. The van der Waals surface area contributed by atoms with Crippen LogP contribution in [0.25, 0.3) is 5.65 Å². The SMILES string of the molecule is CN(Cc1ccccc1F)Cc1nnc2c(=O)n(C)ccn12. The summed E-state index contributed by atoms with van der Waals surface area (Å²) >= 11 is 0. The Hall–Kier alpha value is -2.54. The first kappa shape index (κ1) is 14.4. The summed E-state index contributed by atoms with van der Waals surface area (Å²) in [4.78, 5) is 13.9. The van der Waals surface area contributed by atoms with Crippen molar-refractivity contribution in [1.29, 1.82) is 0 Å². The Morgan fingerprint density at radius 3 is 2.73 bits per heavy atom. The van der Waals surface area contributed by atoms with Gasteiger partial charge in [-0.25, -0.2) is 4.39 Å². The molecule has 2 aromatic heterocycles. The molecule has 0 radical (unpaired) electrons. The highest BCUT2D eigenvalue weighted by atomic mass is 19.1. The van der Waals surface area contributed by atoms with Crippen LogP contribution in [0.5, 0.6) is 0 Å². The fourth-order valence-electron chi connectivity index (χ4n) is 2.34. The van der Waals surface area contributed by atoms with E-state index in [0.29, 0.717) is 30.1 Å². The number of halogens is 1. The minimum atomic E-state index is -0.227. The van der Waals surface area contributed by atoms with Crippen LogP contribution in [-0.2, 0) is 20.1 Å². The van der Waals surface area contributed by atoms with Gasteiger partial charge in [-0.15, -0.1) is 10.2 Å². The number of hydrogen-bond donors (Lipinski definition) is 0. The smallest absolute Gasteiger partial charge is 0.295 e. The second-order valence-electron chi connectivity index (χ2n) is 5.29. The zero-order valence-electron chi connectivity index (χ0n) is 12.4. The van der Waals surface area contributed by atoms with Gasteiger partial charge in [-0.1, -0.05) is 18.2 Å². The van der Waals surface area contributed by atoms with Crippen LogP contribution in [0, 0.1) is 5.82 Å². The molecule has 3 aromatic rings. The van der Waals surface area contributed by atoms with E-state index in [2.05, 4.69) is 10.2 Å². The Balaban J connectivity index is 1.83. The van der Waals surface area contributed by atoms with Crippen molar-refractivity contribution in [2.75, 3.05) is 7.05 Å². The topological polar surface area (TPSA) is 55.4 Å². The summed E-state index contributed by atoms with van der Waals surface area (Å²) in [6.07, 6.45) is 3.42. The minimum absolute atomic E-state index is 0.196. The number of benzene rings is 1. The van der Waals surface area contributed by atoms with Crippen molar-refractivity contribution in [2.24, 2.45) is 7.05 Å². The average molecular weight is 301 g/mol. The molecule has 0 unspecified atom stereocenters. The molecular formula is C15H16FN5O. The van der Waals surface area contributed by atoms with E-state index in [1.54, 1.807) is 36.0 Å². The molecule has 3 rings (SSSR count). The van der Waals surface area contributed by atoms with Crippen molar-refractivity contribution in [3.8, 4) is 0 Å². The van der Waals surface area contributed by atoms with Gasteiger partial charge in [0, 0.05) is 31.5 Å². The molecule has 0 aliphatic carbocycles. The van der Waals surface area contributed by atoms with Gasteiger partial charge in [0.25, 0.3) is 5.56 Å². The van der Waals surface area contributed by atoms with Crippen LogP contribution in [0.2, 0.25) is 0 Å². The van der Waals surface area contributed by atoms with Crippen LogP contribution in [0.3, 0.4) is 0 Å². The molecule has 0 saturated heterocycles. The summed E-state index contributed by atoms with van der Waals surface area (Å²) in [5.41, 5.74) is 0.715. The predicted molar refractivity (Wildman–Crippen MR) is 79.8 cm³/mol. The van der Waals surface area contributed by atoms with E-state index in [-0.39, 0.29) is 11.4 Å². The van der Waals surface area contributed by atoms with E-state index in [4.69, 9.17) is 0 Å². The molecular weight excluding hydrogens is 285 g/mol. The summed E-state index contributed by atoms with van der Waals surface area (Å²) in [6.45, 7) is 0.912. The number of nitrogens with zero attached hydrogens (tertiary/aromatic N) is 5.